The van der Waals surface area contributed by atoms with Crippen LogP contribution in [0.1, 0.15) is 51.4 Å². The molecule has 2 aliphatic carbocycles. The summed E-state index contributed by atoms with van der Waals surface area (Å²) in [5.41, 5.74) is 0. The summed E-state index contributed by atoms with van der Waals surface area (Å²) in [6, 6.07) is 0. The monoisotopic (exact) mass is 304 g/mol. The summed E-state index contributed by atoms with van der Waals surface area (Å²) in [6.45, 7) is 0. The highest BCUT2D eigenvalue weighted by molar-refractivity contribution is 6.30. The minimum atomic E-state index is 0.241. The van der Waals surface area contributed by atoms with Gasteiger partial charge in [-0.3, -0.25) is 0 Å². The van der Waals surface area contributed by atoms with Gasteiger partial charge < -0.3 is 0 Å². The molecule has 2 aliphatic rings. The van der Waals surface area contributed by atoms with E-state index in [0.717, 1.165) is 25.7 Å². The minimum absolute atomic E-state index is 0.241. The van der Waals surface area contributed by atoms with Crippen molar-refractivity contribution in [3.05, 3.63) is 0 Å². The van der Waals surface area contributed by atoms with Crippen molar-refractivity contribution < 1.29 is 0 Å². The van der Waals surface area contributed by atoms with E-state index in [4.69, 9.17) is 46.4 Å². The van der Waals surface area contributed by atoms with Crippen molar-refractivity contribution in [2.75, 3.05) is 0 Å². The molecule has 0 radical (unpaired) electrons. The molecule has 0 amide bonds. The van der Waals surface area contributed by atoms with E-state index in [-0.39, 0.29) is 21.5 Å². The topological polar surface area (TPSA) is 0 Å². The highest BCUT2D eigenvalue weighted by Crippen LogP contribution is 2.27. The Balaban J connectivity index is 0.000000160. The average molecular weight is 306 g/mol. The molecule has 4 heteroatoms. The molecule has 0 aromatic carbocycles. The molecule has 0 spiro atoms. The molecule has 0 heterocycles. The molecule has 0 unspecified atom stereocenters. The number of halogens is 4. The van der Waals surface area contributed by atoms with E-state index in [1.54, 1.807) is 0 Å². The van der Waals surface area contributed by atoms with Gasteiger partial charge in [-0.1, -0.05) is 25.7 Å². The number of rotatable bonds is 0. The summed E-state index contributed by atoms with van der Waals surface area (Å²) >= 11 is 23.3. The Kier molecular flexibility index (Phi) is 7.89. The van der Waals surface area contributed by atoms with Crippen molar-refractivity contribution >= 4 is 46.4 Å². The van der Waals surface area contributed by atoms with Crippen LogP contribution in [0.3, 0.4) is 0 Å². The average Bonchev–Trinajstić information content (AvgIpc) is 2.28. The van der Waals surface area contributed by atoms with Crippen LogP contribution < -0.4 is 0 Å². The highest BCUT2D eigenvalue weighted by Gasteiger charge is 2.20. The zero-order chi connectivity index (χ0) is 12.0. The molecule has 2 fully saturated rings. The maximum absolute atomic E-state index is 5.84. The standard InChI is InChI=1S/2C6H10Cl2/c2*7-5-3-1-2-4-6(5)8/h2*5-6H,1-4H2/t2*5-,6-/m10/s1. The molecule has 0 nitrogen and oxygen atoms in total. The predicted octanol–water partition coefficient (Wildman–Crippen LogP) is 5.55. The lowest BCUT2D eigenvalue weighted by Gasteiger charge is -2.20. The van der Waals surface area contributed by atoms with Crippen molar-refractivity contribution in [2.45, 2.75) is 72.9 Å². The van der Waals surface area contributed by atoms with E-state index >= 15 is 0 Å². The van der Waals surface area contributed by atoms with Crippen molar-refractivity contribution in [1.29, 1.82) is 0 Å². The van der Waals surface area contributed by atoms with Crippen LogP contribution >= 0.6 is 46.4 Å². The smallest absolute Gasteiger partial charge is 0.0499 e. The van der Waals surface area contributed by atoms with Crippen LogP contribution in [-0.4, -0.2) is 21.5 Å². The van der Waals surface area contributed by atoms with Crippen LogP contribution in [0, 0.1) is 0 Å². The van der Waals surface area contributed by atoms with Gasteiger partial charge in [-0.15, -0.1) is 46.4 Å². The van der Waals surface area contributed by atoms with E-state index in [1.165, 1.54) is 25.7 Å². The van der Waals surface area contributed by atoms with Crippen LogP contribution in [0.15, 0.2) is 0 Å². The van der Waals surface area contributed by atoms with Crippen molar-refractivity contribution in [3.8, 4) is 0 Å². The van der Waals surface area contributed by atoms with Gasteiger partial charge in [0.2, 0.25) is 0 Å². The minimum Gasteiger partial charge on any atom is -0.121 e. The lowest BCUT2D eigenvalue weighted by Crippen LogP contribution is -2.19. The predicted molar refractivity (Wildman–Crippen MR) is 75.5 cm³/mol. The van der Waals surface area contributed by atoms with E-state index in [1.807, 2.05) is 0 Å². The van der Waals surface area contributed by atoms with Crippen molar-refractivity contribution in [2.24, 2.45) is 0 Å². The van der Waals surface area contributed by atoms with Crippen molar-refractivity contribution in [1.82, 2.24) is 0 Å². The zero-order valence-electron chi connectivity index (χ0n) is 9.48. The Labute approximate surface area is 119 Å². The SMILES string of the molecule is Cl[C@@H]1CCCC[C@H]1Cl.Cl[C@H]1CCCC[C@@H]1Cl. The molecule has 16 heavy (non-hydrogen) atoms. The van der Waals surface area contributed by atoms with Crippen LogP contribution in [0.2, 0.25) is 0 Å². The molecule has 0 bridgehead atoms. The lowest BCUT2D eigenvalue weighted by molar-refractivity contribution is 0.517. The lowest BCUT2D eigenvalue weighted by atomic mass is 10.00. The summed E-state index contributed by atoms with van der Waals surface area (Å²) in [7, 11) is 0. The Hall–Kier alpha value is 1.16. The quantitative estimate of drug-likeness (QED) is 0.515. The largest absolute Gasteiger partial charge is 0.121 e. The second-order valence-electron chi connectivity index (χ2n) is 4.63. The van der Waals surface area contributed by atoms with Gasteiger partial charge >= 0.3 is 0 Å². The molecule has 0 aromatic heterocycles. The fourth-order valence-corrected chi connectivity index (χ4v) is 3.20. The summed E-state index contributed by atoms with van der Waals surface area (Å²) in [4.78, 5) is 0. The van der Waals surface area contributed by atoms with Gasteiger partial charge in [0.1, 0.15) is 0 Å². The van der Waals surface area contributed by atoms with Gasteiger partial charge in [-0.25, -0.2) is 0 Å². The first-order valence-corrected chi connectivity index (χ1v) is 7.92. The van der Waals surface area contributed by atoms with Crippen LogP contribution in [-0.2, 0) is 0 Å². The van der Waals surface area contributed by atoms with E-state index in [9.17, 15) is 0 Å². The Morgan fingerprint density at radius 3 is 0.750 bits per heavy atom. The number of alkyl halides is 4. The number of hydrogen-bond acceptors (Lipinski definition) is 0. The van der Waals surface area contributed by atoms with Gasteiger partial charge in [0.15, 0.2) is 0 Å². The van der Waals surface area contributed by atoms with Crippen LogP contribution in [0.4, 0.5) is 0 Å². The molecule has 0 saturated heterocycles. The Morgan fingerprint density at radius 1 is 0.438 bits per heavy atom. The second kappa shape index (κ2) is 8.29. The molecule has 96 valence electrons. The summed E-state index contributed by atoms with van der Waals surface area (Å²) < 4.78 is 0. The summed E-state index contributed by atoms with van der Waals surface area (Å²) in [5, 5.41) is 0.965. The first-order chi connectivity index (χ1) is 7.61. The summed E-state index contributed by atoms with van der Waals surface area (Å²) in [5.74, 6) is 0. The van der Waals surface area contributed by atoms with Crippen LogP contribution in [0.25, 0.3) is 0 Å². The van der Waals surface area contributed by atoms with E-state index < -0.39 is 0 Å². The Morgan fingerprint density at radius 2 is 0.625 bits per heavy atom. The molecule has 2 saturated carbocycles. The highest BCUT2D eigenvalue weighted by atomic mass is 35.5. The third-order valence-corrected chi connectivity index (χ3v) is 5.55. The first-order valence-electron chi connectivity index (χ1n) is 6.17. The van der Waals surface area contributed by atoms with Gasteiger partial charge in [0.05, 0.1) is 0 Å². The van der Waals surface area contributed by atoms with Crippen LogP contribution in [0.5, 0.6) is 0 Å². The molecular weight excluding hydrogens is 286 g/mol. The molecule has 2 rings (SSSR count). The first kappa shape index (κ1) is 15.2. The molecule has 0 N–H and O–H groups in total. The second-order valence-corrected chi connectivity index (χ2v) is 6.88. The van der Waals surface area contributed by atoms with Gasteiger partial charge in [-0.2, -0.15) is 0 Å². The van der Waals surface area contributed by atoms with E-state index in [0.29, 0.717) is 0 Å². The molecule has 0 aromatic rings. The summed E-state index contributed by atoms with van der Waals surface area (Å²) in [6.07, 6.45) is 9.47. The Bertz CT molecular complexity index is 146. The van der Waals surface area contributed by atoms with Crippen molar-refractivity contribution in [3.63, 3.8) is 0 Å². The maximum Gasteiger partial charge on any atom is 0.0499 e. The van der Waals surface area contributed by atoms with Gasteiger partial charge in [0.25, 0.3) is 0 Å². The third kappa shape index (κ3) is 5.67. The molecule has 0 aliphatic heterocycles. The maximum atomic E-state index is 5.84. The number of hydrogen-bond donors (Lipinski definition) is 0. The van der Waals surface area contributed by atoms with Gasteiger partial charge in [0, 0.05) is 21.5 Å². The fourth-order valence-electron chi connectivity index (χ4n) is 2.08. The normalized spacial score (nSPS) is 39.8. The third-order valence-electron chi connectivity index (χ3n) is 3.20. The van der Waals surface area contributed by atoms with Gasteiger partial charge in [-0.05, 0) is 25.7 Å². The molecular formula is C12H20Cl4. The zero-order valence-corrected chi connectivity index (χ0v) is 12.5. The molecule has 4 atom stereocenters. The van der Waals surface area contributed by atoms with E-state index in [2.05, 4.69) is 0 Å². The fraction of sp³-hybridized carbons (Fsp3) is 1.00.